The average Bonchev–Trinajstić information content (AvgIpc) is 2.63. The lowest BCUT2D eigenvalue weighted by Crippen LogP contribution is -2.41. The predicted molar refractivity (Wildman–Crippen MR) is 104 cm³/mol. The fraction of sp³-hybridized carbons (Fsp3) is 0.450. The summed E-state index contributed by atoms with van der Waals surface area (Å²) >= 11 is 0. The van der Waals surface area contributed by atoms with Crippen molar-refractivity contribution in [2.24, 2.45) is 0 Å². The molecule has 0 spiro atoms. The molecule has 1 aliphatic heterocycles. The number of rotatable bonds is 5. The zero-order chi connectivity index (χ0) is 18.5. The van der Waals surface area contributed by atoms with Gasteiger partial charge >= 0.3 is 0 Å². The Bertz CT molecular complexity index is 777. The number of likely N-dealkylation sites (tertiary alicyclic amines) is 1. The molecule has 3 heterocycles. The van der Waals surface area contributed by atoms with E-state index in [0.29, 0.717) is 12.5 Å². The van der Waals surface area contributed by atoms with Gasteiger partial charge in [-0.05, 0) is 57.0 Å². The number of carbonyl (C=O) groups excluding carboxylic acids is 1. The van der Waals surface area contributed by atoms with E-state index in [1.807, 2.05) is 32.0 Å². The van der Waals surface area contributed by atoms with Crippen LogP contribution < -0.4 is 10.6 Å². The number of nitrogens with one attached hydrogen (secondary N) is 2. The van der Waals surface area contributed by atoms with Crippen molar-refractivity contribution in [2.45, 2.75) is 32.6 Å². The Balaban J connectivity index is 1.76. The van der Waals surface area contributed by atoms with Crippen LogP contribution in [-0.2, 0) is 4.79 Å². The highest BCUT2D eigenvalue weighted by atomic mass is 16.1. The van der Waals surface area contributed by atoms with Gasteiger partial charge in [0.15, 0.2) is 0 Å². The number of amides is 1. The zero-order valence-electron chi connectivity index (χ0n) is 15.7. The number of piperidine rings is 1. The number of hydrogen-bond donors (Lipinski definition) is 2. The number of aromatic nitrogens is 2. The van der Waals surface area contributed by atoms with Crippen LogP contribution >= 0.6 is 0 Å². The first-order valence-corrected chi connectivity index (χ1v) is 9.15. The summed E-state index contributed by atoms with van der Waals surface area (Å²) in [5, 5.41) is 6.12. The molecule has 1 saturated heterocycles. The Morgan fingerprint density at radius 3 is 2.96 bits per heavy atom. The molecule has 3 rings (SSSR count). The second-order valence-electron chi connectivity index (χ2n) is 6.96. The van der Waals surface area contributed by atoms with Crippen LogP contribution in [0.2, 0.25) is 0 Å². The Morgan fingerprint density at radius 2 is 2.19 bits per heavy atom. The maximum atomic E-state index is 11.7. The van der Waals surface area contributed by atoms with Gasteiger partial charge in [0, 0.05) is 42.8 Å². The number of anilines is 2. The predicted octanol–water partition coefficient (Wildman–Crippen LogP) is 2.76. The van der Waals surface area contributed by atoms with Crippen LogP contribution in [0.3, 0.4) is 0 Å². The number of likely N-dealkylation sites (N-methyl/N-ethyl adjacent to an activating group) is 1. The standard InChI is InChI=1S/C20H27N5O/c1-14-6-4-8-22-20(14)24-17-10-15(2)23-18(11-17)16-7-5-9-25(12-16)13-19(26)21-3/h4,6,8,10-11,16H,5,7,9,12-13H2,1-3H3,(H,21,26)(H,22,23,24)/t16-/m1/s1. The van der Waals surface area contributed by atoms with E-state index in [4.69, 9.17) is 4.98 Å². The molecule has 1 atom stereocenters. The number of pyridine rings is 2. The molecule has 2 N–H and O–H groups in total. The van der Waals surface area contributed by atoms with Gasteiger partial charge in [0.1, 0.15) is 5.82 Å². The van der Waals surface area contributed by atoms with Gasteiger partial charge in [0.05, 0.1) is 6.54 Å². The van der Waals surface area contributed by atoms with E-state index in [-0.39, 0.29) is 5.91 Å². The first-order chi connectivity index (χ1) is 12.5. The van der Waals surface area contributed by atoms with Crippen LogP contribution in [0.25, 0.3) is 0 Å². The molecule has 1 amide bonds. The minimum atomic E-state index is 0.0656. The van der Waals surface area contributed by atoms with Crippen molar-refractivity contribution in [1.82, 2.24) is 20.2 Å². The van der Waals surface area contributed by atoms with E-state index in [1.54, 1.807) is 13.2 Å². The van der Waals surface area contributed by atoms with E-state index in [2.05, 4.69) is 26.6 Å². The summed E-state index contributed by atoms with van der Waals surface area (Å²) in [4.78, 5) is 23.1. The normalized spacial score (nSPS) is 17.7. The number of nitrogens with zero attached hydrogens (tertiary/aromatic N) is 3. The fourth-order valence-corrected chi connectivity index (χ4v) is 3.45. The lowest BCUT2D eigenvalue weighted by Gasteiger charge is -2.32. The van der Waals surface area contributed by atoms with Crippen molar-refractivity contribution >= 4 is 17.4 Å². The number of hydrogen-bond acceptors (Lipinski definition) is 5. The summed E-state index contributed by atoms with van der Waals surface area (Å²) in [7, 11) is 1.68. The maximum Gasteiger partial charge on any atom is 0.233 e. The summed E-state index contributed by atoms with van der Waals surface area (Å²) in [6.45, 7) is 6.35. The van der Waals surface area contributed by atoms with Gasteiger partial charge in [0.25, 0.3) is 0 Å². The van der Waals surface area contributed by atoms with Crippen molar-refractivity contribution in [3.63, 3.8) is 0 Å². The van der Waals surface area contributed by atoms with Crippen LogP contribution in [0.1, 0.15) is 35.7 Å². The summed E-state index contributed by atoms with van der Waals surface area (Å²) in [5.74, 6) is 1.28. The average molecular weight is 353 g/mol. The molecule has 0 aromatic carbocycles. The number of carbonyl (C=O) groups is 1. The topological polar surface area (TPSA) is 70.2 Å². The zero-order valence-corrected chi connectivity index (χ0v) is 15.7. The first kappa shape index (κ1) is 18.3. The van der Waals surface area contributed by atoms with Crippen LogP contribution in [0, 0.1) is 13.8 Å². The molecular formula is C20H27N5O. The van der Waals surface area contributed by atoms with Gasteiger partial charge in [-0.2, -0.15) is 0 Å². The van der Waals surface area contributed by atoms with Crippen molar-refractivity contribution < 1.29 is 4.79 Å². The van der Waals surface area contributed by atoms with E-state index >= 15 is 0 Å². The maximum absolute atomic E-state index is 11.7. The quantitative estimate of drug-likeness (QED) is 0.865. The highest BCUT2D eigenvalue weighted by Gasteiger charge is 2.24. The van der Waals surface area contributed by atoms with Gasteiger partial charge in [-0.1, -0.05) is 6.07 Å². The van der Waals surface area contributed by atoms with Crippen molar-refractivity contribution in [3.05, 3.63) is 47.4 Å². The van der Waals surface area contributed by atoms with E-state index in [1.165, 1.54) is 0 Å². The lowest BCUT2D eigenvalue weighted by molar-refractivity contribution is -0.122. The molecule has 0 saturated carbocycles. The Labute approximate surface area is 155 Å². The second-order valence-corrected chi connectivity index (χ2v) is 6.96. The van der Waals surface area contributed by atoms with Crippen LogP contribution in [0.15, 0.2) is 30.5 Å². The molecule has 0 aliphatic carbocycles. The third kappa shape index (κ3) is 4.58. The molecular weight excluding hydrogens is 326 g/mol. The number of aryl methyl sites for hydroxylation is 2. The summed E-state index contributed by atoms with van der Waals surface area (Å²) < 4.78 is 0. The van der Waals surface area contributed by atoms with Gasteiger partial charge in [0.2, 0.25) is 5.91 Å². The van der Waals surface area contributed by atoms with Crippen LogP contribution in [0.5, 0.6) is 0 Å². The molecule has 0 radical (unpaired) electrons. The van der Waals surface area contributed by atoms with Gasteiger partial charge in [-0.3, -0.25) is 14.7 Å². The molecule has 6 nitrogen and oxygen atoms in total. The highest BCUT2D eigenvalue weighted by molar-refractivity contribution is 5.77. The second kappa shape index (κ2) is 8.27. The van der Waals surface area contributed by atoms with Crippen LogP contribution in [-0.4, -0.2) is 47.5 Å². The van der Waals surface area contributed by atoms with Gasteiger partial charge < -0.3 is 10.6 Å². The Kier molecular flexibility index (Phi) is 5.83. The molecule has 0 unspecified atom stereocenters. The lowest BCUT2D eigenvalue weighted by atomic mass is 9.93. The fourth-order valence-electron chi connectivity index (χ4n) is 3.45. The van der Waals surface area contributed by atoms with Crippen molar-refractivity contribution in [2.75, 3.05) is 32.0 Å². The van der Waals surface area contributed by atoms with Crippen LogP contribution in [0.4, 0.5) is 11.5 Å². The van der Waals surface area contributed by atoms with E-state index in [0.717, 1.165) is 54.4 Å². The molecule has 138 valence electrons. The first-order valence-electron chi connectivity index (χ1n) is 9.15. The third-order valence-electron chi connectivity index (χ3n) is 4.82. The Morgan fingerprint density at radius 1 is 1.35 bits per heavy atom. The minimum absolute atomic E-state index is 0.0656. The molecule has 26 heavy (non-hydrogen) atoms. The largest absolute Gasteiger partial charge is 0.358 e. The third-order valence-corrected chi connectivity index (χ3v) is 4.82. The smallest absolute Gasteiger partial charge is 0.233 e. The molecule has 1 fully saturated rings. The molecule has 1 aliphatic rings. The van der Waals surface area contributed by atoms with Gasteiger partial charge in [-0.25, -0.2) is 4.98 Å². The summed E-state index contributed by atoms with van der Waals surface area (Å²) in [6.07, 6.45) is 3.98. The molecule has 2 aromatic rings. The summed E-state index contributed by atoms with van der Waals surface area (Å²) in [6, 6.07) is 8.15. The monoisotopic (exact) mass is 353 g/mol. The molecule has 6 heteroatoms. The Hall–Kier alpha value is -2.47. The van der Waals surface area contributed by atoms with Gasteiger partial charge in [-0.15, -0.1) is 0 Å². The van der Waals surface area contributed by atoms with E-state index in [9.17, 15) is 4.79 Å². The highest BCUT2D eigenvalue weighted by Crippen LogP contribution is 2.28. The molecule has 0 bridgehead atoms. The van der Waals surface area contributed by atoms with Crippen molar-refractivity contribution in [3.8, 4) is 0 Å². The SMILES string of the molecule is CNC(=O)CN1CCC[C@@H](c2cc(Nc3ncccc3C)cc(C)n2)C1. The van der Waals surface area contributed by atoms with E-state index < -0.39 is 0 Å². The molecule has 2 aromatic heterocycles. The van der Waals surface area contributed by atoms with Crippen molar-refractivity contribution in [1.29, 1.82) is 0 Å². The minimum Gasteiger partial charge on any atom is -0.358 e. The summed E-state index contributed by atoms with van der Waals surface area (Å²) in [5.41, 5.74) is 4.19.